The third-order valence-corrected chi connectivity index (χ3v) is 6.94. The molecule has 0 bridgehead atoms. The molecule has 0 saturated carbocycles. The van der Waals surface area contributed by atoms with Crippen LogP contribution in [-0.2, 0) is 17.7 Å². The Labute approximate surface area is 186 Å². The van der Waals surface area contributed by atoms with E-state index in [0.717, 1.165) is 90.9 Å². The summed E-state index contributed by atoms with van der Waals surface area (Å²) >= 11 is 1.79. The first-order valence-corrected chi connectivity index (χ1v) is 12.6. The predicted molar refractivity (Wildman–Crippen MR) is 125 cm³/mol. The SMILES string of the molecule is CCNC(=NCC1CCN(Cc2csc(CC)n2)CC1)NCCCN1CCOCC1. The summed E-state index contributed by atoms with van der Waals surface area (Å²) in [5.74, 6) is 1.66. The van der Waals surface area contributed by atoms with Crippen molar-refractivity contribution in [1.29, 1.82) is 0 Å². The number of hydrogen-bond donors (Lipinski definition) is 2. The second-order valence-corrected chi connectivity index (χ2v) is 9.20. The van der Waals surface area contributed by atoms with Gasteiger partial charge in [0.2, 0.25) is 0 Å². The quantitative estimate of drug-likeness (QED) is 0.333. The number of piperidine rings is 1. The van der Waals surface area contributed by atoms with Crippen molar-refractivity contribution in [2.24, 2.45) is 10.9 Å². The van der Waals surface area contributed by atoms with Crippen molar-refractivity contribution in [1.82, 2.24) is 25.4 Å². The molecule has 2 N–H and O–H groups in total. The van der Waals surface area contributed by atoms with Crippen molar-refractivity contribution in [3.05, 3.63) is 16.1 Å². The molecule has 2 fully saturated rings. The molecule has 0 unspecified atom stereocenters. The molecule has 0 amide bonds. The van der Waals surface area contributed by atoms with E-state index >= 15 is 0 Å². The van der Waals surface area contributed by atoms with Crippen LogP contribution in [0.5, 0.6) is 0 Å². The maximum Gasteiger partial charge on any atom is 0.191 e. The van der Waals surface area contributed by atoms with Crippen LogP contribution in [0.4, 0.5) is 0 Å². The van der Waals surface area contributed by atoms with Crippen LogP contribution >= 0.6 is 11.3 Å². The highest BCUT2D eigenvalue weighted by molar-refractivity contribution is 7.09. The number of nitrogens with one attached hydrogen (secondary N) is 2. The second kappa shape index (κ2) is 13.2. The van der Waals surface area contributed by atoms with E-state index in [0.29, 0.717) is 5.92 Å². The lowest BCUT2D eigenvalue weighted by Crippen LogP contribution is -2.41. The summed E-state index contributed by atoms with van der Waals surface area (Å²) in [5, 5.41) is 10.4. The van der Waals surface area contributed by atoms with Gasteiger partial charge in [-0.1, -0.05) is 6.92 Å². The van der Waals surface area contributed by atoms with Gasteiger partial charge < -0.3 is 15.4 Å². The van der Waals surface area contributed by atoms with Crippen molar-refractivity contribution in [3.63, 3.8) is 0 Å². The fraction of sp³-hybridized carbons (Fsp3) is 0.818. The van der Waals surface area contributed by atoms with E-state index in [9.17, 15) is 0 Å². The lowest BCUT2D eigenvalue weighted by molar-refractivity contribution is 0.0376. The summed E-state index contributed by atoms with van der Waals surface area (Å²) in [7, 11) is 0. The first kappa shape index (κ1) is 23.4. The van der Waals surface area contributed by atoms with Gasteiger partial charge in [-0.15, -0.1) is 11.3 Å². The van der Waals surface area contributed by atoms with Crippen LogP contribution < -0.4 is 10.6 Å². The topological polar surface area (TPSA) is 65.0 Å². The van der Waals surface area contributed by atoms with E-state index in [1.807, 2.05) is 0 Å². The van der Waals surface area contributed by atoms with Crippen molar-refractivity contribution in [2.75, 3.05) is 65.6 Å². The molecule has 7 nitrogen and oxygen atoms in total. The van der Waals surface area contributed by atoms with Gasteiger partial charge in [0.25, 0.3) is 0 Å². The van der Waals surface area contributed by atoms with E-state index in [-0.39, 0.29) is 0 Å². The van der Waals surface area contributed by atoms with E-state index in [1.54, 1.807) is 11.3 Å². The summed E-state index contributed by atoms with van der Waals surface area (Å²) in [6.07, 6.45) is 4.63. The summed E-state index contributed by atoms with van der Waals surface area (Å²) in [4.78, 5) is 14.6. The summed E-state index contributed by atoms with van der Waals surface area (Å²) in [5.41, 5.74) is 1.24. The Morgan fingerprint density at radius 3 is 2.67 bits per heavy atom. The van der Waals surface area contributed by atoms with Crippen LogP contribution in [0, 0.1) is 5.92 Å². The van der Waals surface area contributed by atoms with Crippen molar-refractivity contribution in [2.45, 2.75) is 46.1 Å². The smallest absolute Gasteiger partial charge is 0.191 e. The Morgan fingerprint density at radius 2 is 1.97 bits per heavy atom. The third-order valence-electron chi connectivity index (χ3n) is 5.89. The molecule has 0 aromatic carbocycles. The van der Waals surface area contributed by atoms with Gasteiger partial charge in [0.05, 0.1) is 23.9 Å². The summed E-state index contributed by atoms with van der Waals surface area (Å²) < 4.78 is 5.42. The van der Waals surface area contributed by atoms with Crippen molar-refractivity contribution >= 4 is 17.3 Å². The number of guanidine groups is 1. The molecular weight excluding hydrogens is 396 g/mol. The molecule has 8 heteroatoms. The zero-order valence-corrected chi connectivity index (χ0v) is 19.7. The number of nitrogens with zero attached hydrogens (tertiary/aromatic N) is 4. The number of rotatable bonds is 10. The molecule has 3 rings (SSSR count). The maximum absolute atomic E-state index is 5.42. The van der Waals surface area contributed by atoms with Crippen LogP contribution in [0.3, 0.4) is 0 Å². The fourth-order valence-corrected chi connectivity index (χ4v) is 4.77. The van der Waals surface area contributed by atoms with Crippen molar-refractivity contribution in [3.8, 4) is 0 Å². The molecule has 30 heavy (non-hydrogen) atoms. The van der Waals surface area contributed by atoms with E-state index in [1.165, 1.54) is 23.5 Å². The molecule has 0 spiro atoms. The maximum atomic E-state index is 5.42. The van der Waals surface area contributed by atoms with E-state index in [2.05, 4.69) is 39.7 Å². The van der Waals surface area contributed by atoms with E-state index < -0.39 is 0 Å². The molecule has 2 aliphatic heterocycles. The Bertz CT molecular complexity index is 623. The Balaban J connectivity index is 1.33. The minimum atomic E-state index is 0.687. The summed E-state index contributed by atoms with van der Waals surface area (Å²) in [6, 6.07) is 0. The van der Waals surface area contributed by atoms with Gasteiger partial charge in [-0.05, 0) is 58.2 Å². The van der Waals surface area contributed by atoms with Gasteiger partial charge in [0, 0.05) is 44.6 Å². The Kier molecular flexibility index (Phi) is 10.4. The molecule has 0 atom stereocenters. The van der Waals surface area contributed by atoms with Gasteiger partial charge in [-0.3, -0.25) is 14.8 Å². The van der Waals surface area contributed by atoms with Crippen LogP contribution in [0.1, 0.15) is 43.8 Å². The molecule has 1 aromatic rings. The number of aromatic nitrogens is 1. The predicted octanol–water partition coefficient (Wildman–Crippen LogP) is 2.19. The van der Waals surface area contributed by atoms with Gasteiger partial charge >= 0.3 is 0 Å². The number of thiazole rings is 1. The first-order chi connectivity index (χ1) is 14.8. The highest BCUT2D eigenvalue weighted by atomic mass is 32.1. The van der Waals surface area contributed by atoms with Gasteiger partial charge in [-0.2, -0.15) is 0 Å². The molecule has 0 aliphatic carbocycles. The third kappa shape index (κ3) is 8.13. The lowest BCUT2D eigenvalue weighted by Gasteiger charge is -2.30. The average Bonchev–Trinajstić information content (AvgIpc) is 3.24. The molecule has 0 radical (unpaired) electrons. The number of likely N-dealkylation sites (tertiary alicyclic amines) is 1. The van der Waals surface area contributed by atoms with Gasteiger partial charge in [0.15, 0.2) is 5.96 Å². The second-order valence-electron chi connectivity index (χ2n) is 8.26. The fourth-order valence-electron chi connectivity index (χ4n) is 4.04. The molecule has 3 heterocycles. The van der Waals surface area contributed by atoms with Gasteiger partial charge in [0.1, 0.15) is 0 Å². The number of hydrogen-bond acceptors (Lipinski definition) is 6. The van der Waals surface area contributed by atoms with Gasteiger partial charge in [-0.25, -0.2) is 4.98 Å². The molecular formula is C22H40N6OS. The van der Waals surface area contributed by atoms with Crippen LogP contribution in [0.15, 0.2) is 10.4 Å². The zero-order chi connectivity index (χ0) is 21.0. The lowest BCUT2D eigenvalue weighted by atomic mass is 9.97. The number of aryl methyl sites for hydroxylation is 1. The van der Waals surface area contributed by atoms with Crippen LogP contribution in [0.25, 0.3) is 0 Å². The minimum Gasteiger partial charge on any atom is -0.379 e. The number of aliphatic imine (C=N–C) groups is 1. The first-order valence-electron chi connectivity index (χ1n) is 11.7. The normalized spacial score (nSPS) is 19.9. The highest BCUT2D eigenvalue weighted by Crippen LogP contribution is 2.20. The van der Waals surface area contributed by atoms with Crippen LogP contribution in [0.2, 0.25) is 0 Å². The number of morpholine rings is 1. The molecule has 1 aromatic heterocycles. The standard InChI is InChI=1S/C22H40N6OS/c1-3-21-26-20(18-30-21)17-28-10-6-19(7-11-28)16-25-22(23-4-2)24-8-5-9-27-12-14-29-15-13-27/h18-19H,3-17H2,1-2H3,(H2,23,24,25). The van der Waals surface area contributed by atoms with Crippen LogP contribution in [-0.4, -0.2) is 86.3 Å². The molecule has 2 aliphatic rings. The summed E-state index contributed by atoms with van der Waals surface area (Å²) in [6.45, 7) is 15.4. The largest absolute Gasteiger partial charge is 0.379 e. The molecule has 170 valence electrons. The Hall–Kier alpha value is -1.22. The van der Waals surface area contributed by atoms with E-state index in [4.69, 9.17) is 14.7 Å². The highest BCUT2D eigenvalue weighted by Gasteiger charge is 2.20. The molecule has 2 saturated heterocycles. The monoisotopic (exact) mass is 436 g/mol. The number of ether oxygens (including phenoxy) is 1. The minimum absolute atomic E-state index is 0.687. The Morgan fingerprint density at radius 1 is 1.17 bits per heavy atom. The van der Waals surface area contributed by atoms with Crippen molar-refractivity contribution < 1.29 is 4.74 Å². The zero-order valence-electron chi connectivity index (χ0n) is 18.9. The average molecular weight is 437 g/mol.